The minimum atomic E-state index is -0.271. The van der Waals surface area contributed by atoms with Crippen molar-refractivity contribution in [2.75, 3.05) is 20.7 Å². The van der Waals surface area contributed by atoms with Gasteiger partial charge in [-0.1, -0.05) is 6.07 Å². The van der Waals surface area contributed by atoms with Crippen molar-refractivity contribution >= 4 is 5.78 Å². The molecule has 0 aromatic heterocycles. The lowest BCUT2D eigenvalue weighted by atomic mass is 9.52. The van der Waals surface area contributed by atoms with E-state index in [-0.39, 0.29) is 11.5 Å². The molecule has 4 nitrogen and oxygen atoms in total. The average Bonchev–Trinajstić information content (AvgIpc) is 2.88. The summed E-state index contributed by atoms with van der Waals surface area (Å²) in [6.07, 6.45) is 3.59. The number of hydrogen-bond acceptors (Lipinski definition) is 3. The van der Waals surface area contributed by atoms with Gasteiger partial charge >= 0.3 is 0 Å². The molecule has 2 heterocycles. The van der Waals surface area contributed by atoms with Gasteiger partial charge in [0, 0.05) is 30.7 Å². The highest BCUT2D eigenvalue weighted by atomic mass is 16.5. The number of carbonyl (C=O) groups excluding carboxylic acids is 1. The minimum Gasteiger partial charge on any atom is -0.493 e. The first-order chi connectivity index (χ1) is 10.7. The molecular weight excluding hydrogens is 278 g/mol. The molecule has 1 spiro atoms. The Hall–Kier alpha value is -1.55. The third-order valence-corrected chi connectivity index (χ3v) is 6.74. The van der Waals surface area contributed by atoms with Gasteiger partial charge in [-0.25, -0.2) is 0 Å². The monoisotopic (exact) mass is 300 g/mol. The highest BCUT2D eigenvalue weighted by Crippen LogP contribution is 2.61. The van der Waals surface area contributed by atoms with E-state index in [0.717, 1.165) is 37.3 Å². The van der Waals surface area contributed by atoms with Gasteiger partial charge in [-0.2, -0.15) is 0 Å². The highest BCUT2D eigenvalue weighted by molar-refractivity contribution is 5.89. The van der Waals surface area contributed by atoms with Crippen LogP contribution in [0.3, 0.4) is 0 Å². The summed E-state index contributed by atoms with van der Waals surface area (Å²) in [5, 5.41) is 0. The van der Waals surface area contributed by atoms with Crippen molar-refractivity contribution in [2.24, 2.45) is 5.92 Å². The van der Waals surface area contributed by atoms with Crippen LogP contribution in [-0.2, 0) is 16.6 Å². The van der Waals surface area contributed by atoms with E-state index in [9.17, 15) is 4.79 Å². The Bertz CT molecular complexity index is 685. The minimum absolute atomic E-state index is 0.0725. The summed E-state index contributed by atoms with van der Waals surface area (Å²) in [5.41, 5.74) is 2.63. The number of quaternary nitrogens is 1. The number of piperidine rings is 1. The molecule has 2 fully saturated rings. The standard InChI is InChI=1S/C18H21NO3/c1-19-8-7-18-11-4-5-13(20)17(18)22-16-14(21-2)6-3-10(15(16)18)9-12(11)19/h3,6,11-12,17H,4-5,7-9H2,1-2H3/p+1/t11-,12+,17-,18-/m1/s1. The molecule has 2 aliphatic carbocycles. The lowest BCUT2D eigenvalue weighted by Gasteiger charge is -2.54. The van der Waals surface area contributed by atoms with Gasteiger partial charge in [0.1, 0.15) is 0 Å². The molecule has 2 aliphatic heterocycles. The zero-order chi connectivity index (χ0) is 15.1. The van der Waals surface area contributed by atoms with E-state index < -0.39 is 0 Å². The fraction of sp³-hybridized carbons (Fsp3) is 0.611. The molecule has 1 aromatic carbocycles. The van der Waals surface area contributed by atoms with Crippen molar-refractivity contribution in [3.05, 3.63) is 23.3 Å². The van der Waals surface area contributed by atoms with Gasteiger partial charge in [0.25, 0.3) is 0 Å². The van der Waals surface area contributed by atoms with E-state index in [1.807, 2.05) is 6.07 Å². The Morgan fingerprint density at radius 1 is 1.41 bits per heavy atom. The third-order valence-electron chi connectivity index (χ3n) is 6.74. The van der Waals surface area contributed by atoms with Crippen LogP contribution in [0.1, 0.15) is 30.4 Å². The topological polar surface area (TPSA) is 40.0 Å². The first-order valence-corrected chi connectivity index (χ1v) is 8.39. The second-order valence-corrected chi connectivity index (χ2v) is 7.44. The fourth-order valence-corrected chi connectivity index (χ4v) is 5.82. The maximum atomic E-state index is 12.6. The molecule has 0 radical (unpaired) electrons. The number of benzene rings is 1. The van der Waals surface area contributed by atoms with Crippen LogP contribution in [0.5, 0.6) is 11.5 Å². The first-order valence-electron chi connectivity index (χ1n) is 8.39. The molecule has 1 saturated carbocycles. The number of hydrogen-bond donors (Lipinski definition) is 1. The van der Waals surface area contributed by atoms with Crippen LogP contribution in [0.2, 0.25) is 0 Å². The smallest absolute Gasteiger partial charge is 0.174 e. The van der Waals surface area contributed by atoms with Gasteiger partial charge in [0.2, 0.25) is 0 Å². The maximum absolute atomic E-state index is 12.6. The van der Waals surface area contributed by atoms with E-state index in [0.29, 0.717) is 24.2 Å². The van der Waals surface area contributed by atoms with Gasteiger partial charge in [-0.15, -0.1) is 0 Å². The van der Waals surface area contributed by atoms with E-state index >= 15 is 0 Å². The van der Waals surface area contributed by atoms with Crippen LogP contribution in [0.25, 0.3) is 0 Å². The maximum Gasteiger partial charge on any atom is 0.174 e. The number of carbonyl (C=O) groups is 1. The van der Waals surface area contributed by atoms with Crippen molar-refractivity contribution < 1.29 is 19.2 Å². The normalized spacial score (nSPS) is 40.9. The molecular formula is C18H22NO3+. The molecule has 1 saturated heterocycles. The van der Waals surface area contributed by atoms with Gasteiger partial charge in [0.05, 0.1) is 32.2 Å². The van der Waals surface area contributed by atoms with Crippen LogP contribution < -0.4 is 14.4 Å². The number of Topliss-reactive ketones (excluding diaryl/α,β-unsaturated/α-hetero) is 1. The molecule has 1 aromatic rings. The Morgan fingerprint density at radius 2 is 2.27 bits per heavy atom. The van der Waals surface area contributed by atoms with E-state index in [1.165, 1.54) is 11.1 Å². The Labute approximate surface area is 130 Å². The number of likely N-dealkylation sites (tertiary alicyclic amines) is 1. The number of rotatable bonds is 1. The largest absolute Gasteiger partial charge is 0.493 e. The Morgan fingerprint density at radius 3 is 3.09 bits per heavy atom. The zero-order valence-corrected chi connectivity index (χ0v) is 13.1. The zero-order valence-electron chi connectivity index (χ0n) is 13.1. The molecule has 1 N–H and O–H groups in total. The molecule has 22 heavy (non-hydrogen) atoms. The number of nitrogens with one attached hydrogen (secondary N) is 1. The van der Waals surface area contributed by atoms with E-state index in [4.69, 9.17) is 9.47 Å². The lowest BCUT2D eigenvalue weighted by Crippen LogP contribution is -3.16. The summed E-state index contributed by atoms with van der Waals surface area (Å²) in [7, 11) is 4.00. The molecule has 1 unspecified atom stereocenters. The second-order valence-electron chi connectivity index (χ2n) is 7.44. The van der Waals surface area contributed by atoms with Crippen LogP contribution in [0.15, 0.2) is 12.1 Å². The van der Waals surface area contributed by atoms with Crippen LogP contribution in [-0.4, -0.2) is 38.6 Å². The number of ketones is 1. The van der Waals surface area contributed by atoms with Crippen molar-refractivity contribution in [1.29, 1.82) is 0 Å². The van der Waals surface area contributed by atoms with Gasteiger partial charge in [-0.3, -0.25) is 4.79 Å². The number of likely N-dealkylation sites (N-methyl/N-ethyl adjacent to an activating group) is 1. The van der Waals surface area contributed by atoms with Crippen molar-refractivity contribution in [3.63, 3.8) is 0 Å². The van der Waals surface area contributed by atoms with E-state index in [1.54, 1.807) is 12.0 Å². The molecule has 5 atom stereocenters. The van der Waals surface area contributed by atoms with Crippen LogP contribution in [0.4, 0.5) is 0 Å². The molecule has 4 heteroatoms. The highest BCUT2D eigenvalue weighted by Gasteiger charge is 2.67. The predicted octanol–water partition coefficient (Wildman–Crippen LogP) is 0.516. The molecule has 0 amide bonds. The van der Waals surface area contributed by atoms with Gasteiger partial charge < -0.3 is 14.4 Å². The second kappa shape index (κ2) is 4.05. The molecule has 116 valence electrons. The van der Waals surface area contributed by atoms with Crippen LogP contribution in [0, 0.1) is 5.92 Å². The molecule has 5 rings (SSSR count). The van der Waals surface area contributed by atoms with E-state index in [2.05, 4.69) is 13.1 Å². The first kappa shape index (κ1) is 12.9. The van der Waals surface area contributed by atoms with Crippen LogP contribution >= 0.6 is 0 Å². The summed E-state index contributed by atoms with van der Waals surface area (Å²) in [4.78, 5) is 14.3. The molecule has 2 bridgehead atoms. The summed E-state index contributed by atoms with van der Waals surface area (Å²) >= 11 is 0. The summed E-state index contributed by atoms with van der Waals surface area (Å²) in [5.74, 6) is 2.52. The SMILES string of the molecule is COc1ccc2c3c1O[C@@H]1C(=O)CC[C@@H]4[C@H](C2)[NH+](C)CC[C@@]314. The Balaban J connectivity index is 1.81. The van der Waals surface area contributed by atoms with Gasteiger partial charge in [0.15, 0.2) is 23.4 Å². The summed E-state index contributed by atoms with van der Waals surface area (Å²) in [6, 6.07) is 4.84. The fourth-order valence-electron chi connectivity index (χ4n) is 5.82. The summed E-state index contributed by atoms with van der Waals surface area (Å²) < 4.78 is 11.8. The average molecular weight is 300 g/mol. The quantitative estimate of drug-likeness (QED) is 0.822. The summed E-state index contributed by atoms with van der Waals surface area (Å²) in [6.45, 7) is 1.13. The van der Waals surface area contributed by atoms with Crippen molar-refractivity contribution in [2.45, 2.75) is 43.2 Å². The number of ether oxygens (including phenoxy) is 2. The Kier molecular flexibility index (Phi) is 2.38. The van der Waals surface area contributed by atoms with Gasteiger partial charge in [-0.05, 0) is 18.1 Å². The van der Waals surface area contributed by atoms with Crippen molar-refractivity contribution in [3.8, 4) is 11.5 Å². The number of methoxy groups -OCH3 is 1. The third kappa shape index (κ3) is 1.27. The predicted molar refractivity (Wildman–Crippen MR) is 80.7 cm³/mol. The lowest BCUT2D eigenvalue weighted by molar-refractivity contribution is -0.919. The molecule has 4 aliphatic rings. The van der Waals surface area contributed by atoms with Crippen molar-refractivity contribution in [1.82, 2.24) is 0 Å².